The first-order chi connectivity index (χ1) is 17.0. The summed E-state index contributed by atoms with van der Waals surface area (Å²) in [6.45, 7) is 2.01. The van der Waals surface area contributed by atoms with Gasteiger partial charge >= 0.3 is 0 Å². The van der Waals surface area contributed by atoms with Crippen molar-refractivity contribution in [2.45, 2.75) is 109 Å². The maximum absolute atomic E-state index is 12.6. The topological polar surface area (TPSA) is 89.3 Å². The Bertz CT molecular complexity index is 1000. The Morgan fingerprint density at radius 2 is 1.86 bits per heavy atom. The number of aromatic nitrogens is 3. The van der Waals surface area contributed by atoms with E-state index in [0.29, 0.717) is 36.1 Å². The number of carbonyl (C=O) groups is 1. The third-order valence-corrected chi connectivity index (χ3v) is 6.96. The van der Waals surface area contributed by atoms with E-state index in [4.69, 9.17) is 22.8 Å². The SMILES string of the molecule is C#CC1(CO)CCC(n2ccc3c(NC(=O)CCCCCCCCCCCCC)nc(Cl)nc32)O1. The van der Waals surface area contributed by atoms with Gasteiger partial charge in [-0.25, -0.2) is 0 Å². The molecule has 0 aromatic carbocycles. The molecule has 3 rings (SSSR count). The van der Waals surface area contributed by atoms with Crippen LogP contribution in [0.15, 0.2) is 12.3 Å². The van der Waals surface area contributed by atoms with Crippen LogP contribution in [0.5, 0.6) is 0 Å². The number of fused-ring (bicyclic) bond motifs is 1. The van der Waals surface area contributed by atoms with Crippen LogP contribution >= 0.6 is 11.6 Å². The molecule has 2 atom stereocenters. The van der Waals surface area contributed by atoms with Crippen molar-refractivity contribution in [2.75, 3.05) is 11.9 Å². The Labute approximate surface area is 214 Å². The number of amides is 1. The summed E-state index contributed by atoms with van der Waals surface area (Å²) in [5.41, 5.74) is -0.421. The zero-order valence-corrected chi connectivity index (χ0v) is 21.7. The van der Waals surface area contributed by atoms with Crippen molar-refractivity contribution in [1.29, 1.82) is 0 Å². The van der Waals surface area contributed by atoms with Gasteiger partial charge in [0, 0.05) is 12.6 Å². The summed E-state index contributed by atoms with van der Waals surface area (Å²) in [4.78, 5) is 21.2. The molecule has 1 aliphatic heterocycles. The molecular formula is C27H39ClN4O3. The standard InChI is InChI=1S/C27H39ClN4O3/c1-3-5-6-7-8-9-10-11-12-13-14-15-22(34)29-24-21-17-19-32(25(21)31-26(28)30-24)23-16-18-27(4-2,20-33)35-23/h2,17,19,23,33H,3,5-16,18,20H2,1H3,(H,29,30,31,34). The molecule has 1 aliphatic rings. The predicted octanol–water partition coefficient (Wildman–Crippen LogP) is 6.40. The van der Waals surface area contributed by atoms with Crippen LogP contribution in [0.3, 0.4) is 0 Å². The lowest BCUT2D eigenvalue weighted by molar-refractivity contribution is -0.116. The number of nitrogens with zero attached hydrogens (tertiary/aromatic N) is 3. The van der Waals surface area contributed by atoms with E-state index < -0.39 is 5.60 Å². The van der Waals surface area contributed by atoms with Gasteiger partial charge in [0.1, 0.15) is 17.7 Å². The molecule has 2 aromatic heterocycles. The largest absolute Gasteiger partial charge is 0.392 e. The van der Waals surface area contributed by atoms with E-state index in [1.165, 1.54) is 57.8 Å². The van der Waals surface area contributed by atoms with E-state index in [0.717, 1.165) is 12.8 Å². The molecule has 0 bridgehead atoms. The number of nitrogens with one attached hydrogen (secondary N) is 1. The second-order valence-electron chi connectivity index (χ2n) is 9.54. The quantitative estimate of drug-likeness (QED) is 0.167. The molecule has 192 valence electrons. The average molecular weight is 503 g/mol. The number of carbonyl (C=O) groups excluding carboxylic acids is 1. The zero-order chi connectivity index (χ0) is 25.1. The van der Waals surface area contributed by atoms with Crippen LogP contribution in [0.25, 0.3) is 11.0 Å². The van der Waals surface area contributed by atoms with Crippen molar-refractivity contribution in [2.24, 2.45) is 0 Å². The predicted molar refractivity (Wildman–Crippen MR) is 140 cm³/mol. The first-order valence-electron chi connectivity index (χ1n) is 13.1. The highest BCUT2D eigenvalue weighted by Gasteiger charge is 2.39. The fourth-order valence-corrected chi connectivity index (χ4v) is 4.84. The monoisotopic (exact) mass is 502 g/mol. The number of terminal acetylenes is 1. The first kappa shape index (κ1) is 27.4. The second-order valence-corrected chi connectivity index (χ2v) is 9.88. The first-order valence-corrected chi connectivity index (χ1v) is 13.5. The van der Waals surface area contributed by atoms with E-state index in [1.807, 2.05) is 16.8 Å². The van der Waals surface area contributed by atoms with Crippen molar-refractivity contribution in [3.63, 3.8) is 0 Å². The number of hydrogen-bond acceptors (Lipinski definition) is 5. The van der Waals surface area contributed by atoms with Crippen molar-refractivity contribution in [1.82, 2.24) is 14.5 Å². The molecule has 2 N–H and O–H groups in total. The number of rotatable bonds is 15. The maximum atomic E-state index is 12.6. The van der Waals surface area contributed by atoms with Gasteiger partial charge in [-0.15, -0.1) is 6.42 Å². The third kappa shape index (κ3) is 7.67. The summed E-state index contributed by atoms with van der Waals surface area (Å²) in [5, 5.41) is 13.3. The minimum Gasteiger partial charge on any atom is -0.392 e. The molecule has 8 heteroatoms. The molecule has 0 aliphatic carbocycles. The summed E-state index contributed by atoms with van der Waals surface area (Å²) in [6, 6.07) is 1.84. The van der Waals surface area contributed by atoms with Crippen molar-refractivity contribution in [3.8, 4) is 12.3 Å². The van der Waals surface area contributed by atoms with E-state index in [2.05, 4.69) is 28.1 Å². The number of ether oxygens (including phenoxy) is 1. The number of aliphatic hydroxyl groups is 1. The molecule has 1 saturated heterocycles. The van der Waals surface area contributed by atoms with Gasteiger partial charge in [0.15, 0.2) is 5.60 Å². The highest BCUT2D eigenvalue weighted by Crippen LogP contribution is 2.38. The third-order valence-electron chi connectivity index (χ3n) is 6.80. The Hall–Kier alpha value is -2.14. The van der Waals surface area contributed by atoms with E-state index in [9.17, 15) is 9.90 Å². The fraction of sp³-hybridized carbons (Fsp3) is 0.667. The van der Waals surface area contributed by atoms with Crippen molar-refractivity contribution < 1.29 is 14.6 Å². The highest BCUT2D eigenvalue weighted by molar-refractivity contribution is 6.28. The average Bonchev–Trinajstić information content (AvgIpc) is 3.47. The number of halogens is 1. The molecule has 0 spiro atoms. The number of aliphatic hydroxyl groups excluding tert-OH is 1. The molecule has 2 unspecified atom stereocenters. The molecule has 0 saturated carbocycles. The summed E-state index contributed by atoms with van der Waals surface area (Å²) in [5.74, 6) is 2.88. The van der Waals surface area contributed by atoms with E-state index in [1.54, 1.807) is 0 Å². The van der Waals surface area contributed by atoms with Crippen LogP contribution in [0.1, 0.15) is 103 Å². The number of anilines is 1. The summed E-state index contributed by atoms with van der Waals surface area (Å²) >= 11 is 6.18. The Morgan fingerprint density at radius 1 is 1.20 bits per heavy atom. The summed E-state index contributed by atoms with van der Waals surface area (Å²) in [7, 11) is 0. The molecule has 35 heavy (non-hydrogen) atoms. The minimum absolute atomic E-state index is 0.0470. The van der Waals surface area contributed by atoms with Gasteiger partial charge in [-0.3, -0.25) is 4.79 Å². The van der Waals surface area contributed by atoms with Gasteiger partial charge in [-0.05, 0) is 36.9 Å². The maximum Gasteiger partial charge on any atom is 0.226 e. The van der Waals surface area contributed by atoms with Crippen LogP contribution in [0.2, 0.25) is 5.28 Å². The second kappa shape index (κ2) is 13.8. The van der Waals surface area contributed by atoms with Gasteiger partial charge in [0.05, 0.1) is 12.0 Å². The lowest BCUT2D eigenvalue weighted by Crippen LogP contribution is -2.31. The van der Waals surface area contributed by atoms with E-state index in [-0.39, 0.29) is 24.0 Å². The van der Waals surface area contributed by atoms with Crippen molar-refractivity contribution >= 4 is 34.4 Å². The highest BCUT2D eigenvalue weighted by atomic mass is 35.5. The Balaban J connectivity index is 1.46. The Morgan fingerprint density at radius 3 is 2.46 bits per heavy atom. The molecule has 0 radical (unpaired) electrons. The summed E-state index contributed by atoms with van der Waals surface area (Å²) in [6.07, 6.45) is 22.3. The zero-order valence-electron chi connectivity index (χ0n) is 20.9. The number of hydrogen-bond donors (Lipinski definition) is 2. The van der Waals surface area contributed by atoms with Crippen LogP contribution in [-0.2, 0) is 9.53 Å². The van der Waals surface area contributed by atoms with Gasteiger partial charge in [-0.2, -0.15) is 9.97 Å². The summed E-state index contributed by atoms with van der Waals surface area (Å²) < 4.78 is 7.80. The lowest BCUT2D eigenvalue weighted by Gasteiger charge is -2.21. The van der Waals surface area contributed by atoms with Crippen LogP contribution in [0, 0.1) is 12.3 Å². The molecule has 3 heterocycles. The Kier molecular flexibility index (Phi) is 10.8. The lowest BCUT2D eigenvalue weighted by atomic mass is 10.0. The smallest absolute Gasteiger partial charge is 0.226 e. The minimum atomic E-state index is -0.982. The van der Waals surface area contributed by atoms with Gasteiger partial charge < -0.3 is 19.7 Å². The molecule has 7 nitrogen and oxygen atoms in total. The number of unbranched alkanes of at least 4 members (excludes halogenated alkanes) is 10. The molecule has 2 aromatic rings. The molecule has 1 fully saturated rings. The fourth-order valence-electron chi connectivity index (χ4n) is 4.68. The van der Waals surface area contributed by atoms with Crippen molar-refractivity contribution in [3.05, 3.63) is 17.5 Å². The van der Waals surface area contributed by atoms with Crippen LogP contribution in [0.4, 0.5) is 5.82 Å². The molecular weight excluding hydrogens is 464 g/mol. The molecule has 1 amide bonds. The van der Waals surface area contributed by atoms with E-state index >= 15 is 0 Å². The van der Waals surface area contributed by atoms with Gasteiger partial charge in [0.2, 0.25) is 11.2 Å². The van der Waals surface area contributed by atoms with Crippen LogP contribution < -0.4 is 5.32 Å². The normalized spacial score (nSPS) is 19.8. The van der Waals surface area contributed by atoms with Gasteiger partial charge in [-0.1, -0.05) is 77.1 Å². The van der Waals surface area contributed by atoms with Crippen LogP contribution in [-0.4, -0.2) is 37.8 Å². The van der Waals surface area contributed by atoms with Gasteiger partial charge in [0.25, 0.3) is 0 Å².